The Balaban J connectivity index is 2.26. The van der Waals surface area contributed by atoms with Gasteiger partial charge >= 0.3 is 0 Å². The Morgan fingerprint density at radius 3 is 2.87 bits per heavy atom. The number of nitrogens with one attached hydrogen (secondary N) is 1. The molecule has 0 radical (unpaired) electrons. The van der Waals surface area contributed by atoms with Crippen molar-refractivity contribution in [2.75, 3.05) is 33.9 Å². The van der Waals surface area contributed by atoms with E-state index in [1.54, 1.807) is 7.11 Å². The van der Waals surface area contributed by atoms with E-state index in [0.717, 1.165) is 12.5 Å². The van der Waals surface area contributed by atoms with Gasteiger partial charge in [-0.2, -0.15) is 0 Å². The van der Waals surface area contributed by atoms with Crippen LogP contribution in [-0.2, 0) is 4.74 Å². The third-order valence-corrected chi connectivity index (χ3v) is 3.44. The van der Waals surface area contributed by atoms with Crippen LogP contribution >= 0.6 is 0 Å². The zero-order valence-corrected chi connectivity index (χ0v) is 10.6. The second kappa shape index (κ2) is 6.46. The normalized spacial score (nSPS) is 29.4. The lowest BCUT2D eigenvalue weighted by molar-refractivity contribution is 0.0985. The summed E-state index contributed by atoms with van der Waals surface area (Å²) in [7, 11) is 3.98. The van der Waals surface area contributed by atoms with Crippen LogP contribution in [0.4, 0.5) is 0 Å². The number of piperidine rings is 1. The molecule has 15 heavy (non-hydrogen) atoms. The molecule has 0 amide bonds. The molecule has 0 spiro atoms. The number of hydrogen-bond acceptors (Lipinski definition) is 3. The SMILES string of the molecule is COCC(C)N(C)CC1CCNC(C)C1. The quantitative estimate of drug-likeness (QED) is 0.747. The molecule has 3 unspecified atom stereocenters. The van der Waals surface area contributed by atoms with Gasteiger partial charge in [0.25, 0.3) is 0 Å². The van der Waals surface area contributed by atoms with Crippen molar-refractivity contribution in [3.05, 3.63) is 0 Å². The van der Waals surface area contributed by atoms with Crippen LogP contribution in [0.15, 0.2) is 0 Å². The largest absolute Gasteiger partial charge is 0.383 e. The van der Waals surface area contributed by atoms with Gasteiger partial charge in [0, 0.05) is 25.7 Å². The predicted molar refractivity (Wildman–Crippen MR) is 64.2 cm³/mol. The van der Waals surface area contributed by atoms with Gasteiger partial charge in [-0.1, -0.05) is 0 Å². The molecule has 1 aliphatic rings. The second-order valence-electron chi connectivity index (χ2n) is 4.99. The van der Waals surface area contributed by atoms with Gasteiger partial charge in [0.05, 0.1) is 6.61 Å². The van der Waals surface area contributed by atoms with Crippen molar-refractivity contribution >= 4 is 0 Å². The number of rotatable bonds is 5. The molecule has 0 aliphatic carbocycles. The van der Waals surface area contributed by atoms with E-state index in [9.17, 15) is 0 Å². The minimum absolute atomic E-state index is 0.528. The number of ether oxygens (including phenoxy) is 1. The first-order chi connectivity index (χ1) is 7.13. The maximum atomic E-state index is 5.18. The van der Waals surface area contributed by atoms with Crippen LogP contribution < -0.4 is 5.32 Å². The van der Waals surface area contributed by atoms with Crippen molar-refractivity contribution in [3.8, 4) is 0 Å². The van der Waals surface area contributed by atoms with Crippen LogP contribution in [0.1, 0.15) is 26.7 Å². The average Bonchev–Trinajstić information content (AvgIpc) is 2.18. The van der Waals surface area contributed by atoms with Crippen LogP contribution in [0.5, 0.6) is 0 Å². The summed E-state index contributed by atoms with van der Waals surface area (Å²) in [6, 6.07) is 1.22. The highest BCUT2D eigenvalue weighted by molar-refractivity contribution is 4.78. The number of hydrogen-bond donors (Lipinski definition) is 1. The Kier molecular flexibility index (Phi) is 5.58. The summed E-state index contributed by atoms with van der Waals surface area (Å²) in [5.41, 5.74) is 0. The number of methoxy groups -OCH3 is 1. The van der Waals surface area contributed by atoms with Crippen LogP contribution in [0.25, 0.3) is 0 Å². The van der Waals surface area contributed by atoms with Crippen LogP contribution in [-0.4, -0.2) is 50.8 Å². The minimum atomic E-state index is 0.528. The zero-order chi connectivity index (χ0) is 11.3. The third-order valence-electron chi connectivity index (χ3n) is 3.44. The Morgan fingerprint density at radius 2 is 2.27 bits per heavy atom. The van der Waals surface area contributed by atoms with E-state index in [1.165, 1.54) is 25.9 Å². The van der Waals surface area contributed by atoms with Crippen molar-refractivity contribution in [2.45, 2.75) is 38.8 Å². The van der Waals surface area contributed by atoms with E-state index in [0.29, 0.717) is 12.1 Å². The van der Waals surface area contributed by atoms with E-state index < -0.39 is 0 Å². The van der Waals surface area contributed by atoms with Gasteiger partial charge in [-0.05, 0) is 46.2 Å². The molecule has 0 aromatic heterocycles. The monoisotopic (exact) mass is 214 g/mol. The van der Waals surface area contributed by atoms with E-state index in [4.69, 9.17) is 4.74 Å². The summed E-state index contributed by atoms with van der Waals surface area (Å²) >= 11 is 0. The molecule has 0 bridgehead atoms. The van der Waals surface area contributed by atoms with Crippen molar-refractivity contribution < 1.29 is 4.74 Å². The molecule has 1 fully saturated rings. The molecular weight excluding hydrogens is 188 g/mol. The fourth-order valence-electron chi connectivity index (χ4n) is 2.36. The smallest absolute Gasteiger partial charge is 0.0615 e. The average molecular weight is 214 g/mol. The van der Waals surface area contributed by atoms with Gasteiger partial charge in [-0.25, -0.2) is 0 Å². The van der Waals surface area contributed by atoms with E-state index in [1.807, 2.05) is 0 Å². The van der Waals surface area contributed by atoms with Crippen LogP contribution in [0.3, 0.4) is 0 Å². The lowest BCUT2D eigenvalue weighted by atomic mass is 9.92. The first-order valence-electron chi connectivity index (χ1n) is 6.06. The summed E-state index contributed by atoms with van der Waals surface area (Å²) in [6.07, 6.45) is 2.62. The van der Waals surface area contributed by atoms with Gasteiger partial charge in [0.2, 0.25) is 0 Å². The molecule has 0 saturated carbocycles. The molecule has 1 heterocycles. The van der Waals surface area contributed by atoms with Crippen molar-refractivity contribution in [1.82, 2.24) is 10.2 Å². The van der Waals surface area contributed by atoms with Gasteiger partial charge < -0.3 is 15.0 Å². The van der Waals surface area contributed by atoms with Crippen molar-refractivity contribution in [1.29, 1.82) is 0 Å². The number of nitrogens with zero attached hydrogens (tertiary/aromatic N) is 1. The molecule has 1 N–H and O–H groups in total. The lowest BCUT2D eigenvalue weighted by Crippen LogP contribution is -2.42. The van der Waals surface area contributed by atoms with Gasteiger partial charge in [0.1, 0.15) is 0 Å². The summed E-state index contributed by atoms with van der Waals surface area (Å²) in [5, 5.41) is 3.50. The molecule has 1 saturated heterocycles. The summed E-state index contributed by atoms with van der Waals surface area (Å²) in [4.78, 5) is 2.42. The molecule has 0 aromatic rings. The molecule has 1 rings (SSSR count). The first kappa shape index (κ1) is 12.9. The maximum absolute atomic E-state index is 5.18. The Morgan fingerprint density at radius 1 is 1.53 bits per heavy atom. The van der Waals surface area contributed by atoms with E-state index >= 15 is 0 Å². The Bertz CT molecular complexity index is 175. The fourth-order valence-corrected chi connectivity index (χ4v) is 2.36. The van der Waals surface area contributed by atoms with Crippen LogP contribution in [0, 0.1) is 5.92 Å². The number of likely N-dealkylation sites (N-methyl/N-ethyl adjacent to an activating group) is 1. The second-order valence-corrected chi connectivity index (χ2v) is 4.99. The minimum Gasteiger partial charge on any atom is -0.383 e. The Labute approximate surface area is 94.2 Å². The maximum Gasteiger partial charge on any atom is 0.0615 e. The third kappa shape index (κ3) is 4.49. The first-order valence-corrected chi connectivity index (χ1v) is 6.06. The summed E-state index contributed by atoms with van der Waals surface area (Å²) in [6.45, 7) is 7.73. The topological polar surface area (TPSA) is 24.5 Å². The highest BCUT2D eigenvalue weighted by Gasteiger charge is 2.21. The molecular formula is C12H26N2O. The fraction of sp³-hybridized carbons (Fsp3) is 1.00. The predicted octanol–water partition coefficient (Wildman–Crippen LogP) is 1.34. The van der Waals surface area contributed by atoms with Crippen LogP contribution in [0.2, 0.25) is 0 Å². The molecule has 3 nitrogen and oxygen atoms in total. The molecule has 3 atom stereocenters. The lowest BCUT2D eigenvalue weighted by Gasteiger charge is -2.33. The standard InChI is InChI=1S/C12H26N2O/c1-10-7-12(5-6-13-10)8-14(3)11(2)9-15-4/h10-13H,5-9H2,1-4H3. The molecule has 90 valence electrons. The van der Waals surface area contributed by atoms with E-state index in [-0.39, 0.29) is 0 Å². The highest BCUT2D eigenvalue weighted by Crippen LogP contribution is 2.17. The summed E-state index contributed by atoms with van der Waals surface area (Å²) < 4.78 is 5.18. The van der Waals surface area contributed by atoms with E-state index in [2.05, 4.69) is 31.1 Å². The summed E-state index contributed by atoms with van der Waals surface area (Å²) in [5.74, 6) is 0.852. The Hall–Kier alpha value is -0.120. The molecule has 0 aromatic carbocycles. The zero-order valence-electron chi connectivity index (χ0n) is 10.6. The van der Waals surface area contributed by atoms with Crippen molar-refractivity contribution in [2.24, 2.45) is 5.92 Å². The highest BCUT2D eigenvalue weighted by atomic mass is 16.5. The van der Waals surface area contributed by atoms with Crippen molar-refractivity contribution in [3.63, 3.8) is 0 Å². The van der Waals surface area contributed by atoms with Gasteiger partial charge in [-0.3, -0.25) is 0 Å². The van der Waals surface area contributed by atoms with Gasteiger partial charge in [-0.15, -0.1) is 0 Å². The molecule has 3 heteroatoms. The molecule has 1 aliphatic heterocycles. The van der Waals surface area contributed by atoms with Gasteiger partial charge in [0.15, 0.2) is 0 Å².